The van der Waals surface area contributed by atoms with Gasteiger partial charge in [-0.3, -0.25) is 9.59 Å². The van der Waals surface area contributed by atoms with Gasteiger partial charge in [0.15, 0.2) is 0 Å². The zero-order chi connectivity index (χ0) is 18.1. The molecule has 0 N–H and O–H groups in total. The Hall–Kier alpha value is -2.25. The van der Waals surface area contributed by atoms with Gasteiger partial charge in [-0.15, -0.1) is 22.7 Å². The molecule has 2 amide bonds. The molecule has 1 aliphatic rings. The number of thiophene rings is 1. The zero-order valence-electron chi connectivity index (χ0n) is 14.5. The van der Waals surface area contributed by atoms with Gasteiger partial charge in [0.1, 0.15) is 5.01 Å². The molecule has 0 atom stereocenters. The summed E-state index contributed by atoms with van der Waals surface area (Å²) < 4.78 is 1.15. The molecule has 26 heavy (non-hydrogen) atoms. The number of hydrogen-bond donors (Lipinski definition) is 0. The summed E-state index contributed by atoms with van der Waals surface area (Å²) in [5.74, 6) is 0.206. The Morgan fingerprint density at radius 3 is 2.46 bits per heavy atom. The van der Waals surface area contributed by atoms with Crippen molar-refractivity contribution < 1.29 is 9.59 Å². The summed E-state index contributed by atoms with van der Waals surface area (Å²) in [5.41, 5.74) is 0.991. The van der Waals surface area contributed by atoms with E-state index in [9.17, 15) is 9.59 Å². The van der Waals surface area contributed by atoms with Gasteiger partial charge in [0.05, 0.1) is 20.0 Å². The van der Waals surface area contributed by atoms with E-state index in [1.807, 2.05) is 47.1 Å². The van der Waals surface area contributed by atoms with E-state index in [2.05, 4.69) is 11.1 Å². The van der Waals surface area contributed by atoms with Crippen LogP contribution in [0.15, 0.2) is 36.4 Å². The number of aromatic nitrogens is 1. The fourth-order valence-corrected chi connectivity index (χ4v) is 5.08. The number of hydrogen-bond acceptors (Lipinski definition) is 5. The highest BCUT2D eigenvalue weighted by Crippen LogP contribution is 2.34. The van der Waals surface area contributed by atoms with Crippen LogP contribution in [0.1, 0.15) is 23.0 Å². The third kappa shape index (κ3) is 3.24. The van der Waals surface area contributed by atoms with Gasteiger partial charge in [-0.1, -0.05) is 19.1 Å². The molecule has 7 heteroatoms. The lowest BCUT2D eigenvalue weighted by atomic mass is 10.2. The van der Waals surface area contributed by atoms with Crippen molar-refractivity contribution in [3.63, 3.8) is 0 Å². The second-order valence-corrected chi connectivity index (χ2v) is 8.29. The Morgan fingerprint density at radius 1 is 1.00 bits per heavy atom. The molecule has 134 valence electrons. The van der Waals surface area contributed by atoms with E-state index in [4.69, 9.17) is 0 Å². The van der Waals surface area contributed by atoms with Gasteiger partial charge in [-0.2, -0.15) is 0 Å². The maximum absolute atomic E-state index is 12.8. The van der Waals surface area contributed by atoms with Gasteiger partial charge < -0.3 is 9.80 Å². The average molecular weight is 386 g/mol. The molecular weight excluding hydrogens is 366 g/mol. The first-order valence-corrected chi connectivity index (χ1v) is 10.3. The molecule has 1 aliphatic heterocycles. The molecule has 5 nitrogen and oxygen atoms in total. The van der Waals surface area contributed by atoms with E-state index in [0.29, 0.717) is 32.6 Å². The minimum atomic E-state index is 0.0472. The minimum Gasteiger partial charge on any atom is -0.339 e. The Morgan fingerprint density at radius 2 is 1.73 bits per heavy atom. The van der Waals surface area contributed by atoms with E-state index >= 15 is 0 Å². The standard InChI is InChI=1S/C19H19N3O2S2/c1-2-17(23)21-9-11-22(12-10-21)19(24)16-8-7-15(25-16)18-20-13-5-3-4-6-14(13)26-18/h3-8H,2,9-12H2,1H3. The molecule has 3 aromatic rings. The van der Waals surface area contributed by atoms with E-state index in [1.54, 1.807) is 11.3 Å². The van der Waals surface area contributed by atoms with Crippen molar-refractivity contribution in [3.8, 4) is 9.88 Å². The highest BCUT2D eigenvalue weighted by Gasteiger charge is 2.25. The summed E-state index contributed by atoms with van der Waals surface area (Å²) in [7, 11) is 0. The lowest BCUT2D eigenvalue weighted by Gasteiger charge is -2.34. The summed E-state index contributed by atoms with van der Waals surface area (Å²) in [5, 5.41) is 0.952. The van der Waals surface area contributed by atoms with Crippen molar-refractivity contribution in [3.05, 3.63) is 41.3 Å². The van der Waals surface area contributed by atoms with Crippen LogP contribution >= 0.6 is 22.7 Å². The molecule has 0 aliphatic carbocycles. The number of carbonyl (C=O) groups is 2. The number of fused-ring (bicyclic) bond motifs is 1. The summed E-state index contributed by atoms with van der Waals surface area (Å²) in [6, 6.07) is 11.9. The van der Waals surface area contributed by atoms with Gasteiger partial charge in [0.2, 0.25) is 5.91 Å². The van der Waals surface area contributed by atoms with Crippen LogP contribution in [0.25, 0.3) is 20.1 Å². The molecule has 2 aromatic heterocycles. The summed E-state index contributed by atoms with van der Waals surface area (Å²) in [6.45, 7) is 4.30. The van der Waals surface area contributed by atoms with Gasteiger partial charge in [0.25, 0.3) is 5.91 Å². The largest absolute Gasteiger partial charge is 0.339 e. The van der Waals surface area contributed by atoms with Crippen molar-refractivity contribution in [1.29, 1.82) is 0 Å². The molecule has 0 radical (unpaired) electrons. The lowest BCUT2D eigenvalue weighted by Crippen LogP contribution is -2.50. The predicted octanol–water partition coefficient (Wildman–Crippen LogP) is 3.72. The molecule has 1 saturated heterocycles. The second kappa shape index (κ2) is 7.17. The molecule has 0 bridgehead atoms. The molecule has 0 spiro atoms. The summed E-state index contributed by atoms with van der Waals surface area (Å²) >= 11 is 3.14. The van der Waals surface area contributed by atoms with Gasteiger partial charge in [0, 0.05) is 32.6 Å². The normalized spacial score (nSPS) is 14.8. The molecule has 1 fully saturated rings. The first-order valence-electron chi connectivity index (χ1n) is 8.68. The first-order chi connectivity index (χ1) is 12.7. The van der Waals surface area contributed by atoms with Gasteiger partial charge >= 0.3 is 0 Å². The number of para-hydroxylation sites is 1. The molecular formula is C19H19N3O2S2. The first kappa shape index (κ1) is 17.2. The predicted molar refractivity (Wildman–Crippen MR) is 106 cm³/mol. The van der Waals surface area contributed by atoms with Crippen LogP contribution in [0.3, 0.4) is 0 Å². The van der Waals surface area contributed by atoms with Crippen LogP contribution in [-0.2, 0) is 4.79 Å². The number of carbonyl (C=O) groups excluding carboxylic acids is 2. The van der Waals surface area contributed by atoms with Crippen LogP contribution in [0.5, 0.6) is 0 Å². The van der Waals surface area contributed by atoms with Crippen molar-refractivity contribution in [2.24, 2.45) is 0 Å². The summed E-state index contributed by atoms with van der Waals surface area (Å²) in [6.07, 6.45) is 0.518. The van der Waals surface area contributed by atoms with E-state index in [-0.39, 0.29) is 11.8 Å². The highest BCUT2D eigenvalue weighted by molar-refractivity contribution is 7.26. The van der Waals surface area contributed by atoms with Crippen LogP contribution < -0.4 is 0 Å². The van der Waals surface area contributed by atoms with Crippen LogP contribution in [0.4, 0.5) is 0 Å². The Kier molecular flexibility index (Phi) is 4.74. The van der Waals surface area contributed by atoms with Crippen molar-refractivity contribution in [2.45, 2.75) is 13.3 Å². The fraction of sp³-hybridized carbons (Fsp3) is 0.316. The molecule has 0 saturated carbocycles. The Balaban J connectivity index is 1.47. The monoisotopic (exact) mass is 385 g/mol. The summed E-state index contributed by atoms with van der Waals surface area (Å²) in [4.78, 5) is 34.6. The number of nitrogens with zero attached hydrogens (tertiary/aromatic N) is 3. The maximum atomic E-state index is 12.8. The fourth-order valence-electron chi connectivity index (χ4n) is 3.08. The van der Waals surface area contributed by atoms with Crippen LogP contribution in [0, 0.1) is 0 Å². The molecule has 3 heterocycles. The van der Waals surface area contributed by atoms with Crippen LogP contribution in [0.2, 0.25) is 0 Å². The Labute approximate surface area is 159 Å². The number of piperazine rings is 1. The minimum absolute atomic E-state index is 0.0472. The third-order valence-electron chi connectivity index (χ3n) is 4.54. The highest BCUT2D eigenvalue weighted by atomic mass is 32.1. The van der Waals surface area contributed by atoms with E-state index in [0.717, 1.165) is 25.0 Å². The number of amides is 2. The maximum Gasteiger partial charge on any atom is 0.264 e. The lowest BCUT2D eigenvalue weighted by molar-refractivity contribution is -0.132. The van der Waals surface area contributed by atoms with Crippen molar-refractivity contribution in [1.82, 2.24) is 14.8 Å². The Bertz CT molecular complexity index is 922. The SMILES string of the molecule is CCC(=O)N1CCN(C(=O)c2ccc(-c3nc4ccccc4s3)s2)CC1. The number of thiazole rings is 1. The molecule has 4 rings (SSSR count). The molecule has 1 aromatic carbocycles. The van der Waals surface area contributed by atoms with Crippen LogP contribution in [-0.4, -0.2) is 52.8 Å². The number of rotatable bonds is 3. The second-order valence-electron chi connectivity index (χ2n) is 6.18. The average Bonchev–Trinajstić information content (AvgIpc) is 3.33. The van der Waals surface area contributed by atoms with Crippen molar-refractivity contribution in [2.75, 3.05) is 26.2 Å². The third-order valence-corrected chi connectivity index (χ3v) is 6.82. The van der Waals surface area contributed by atoms with E-state index < -0.39 is 0 Å². The molecule has 0 unspecified atom stereocenters. The zero-order valence-corrected chi connectivity index (χ0v) is 16.1. The number of benzene rings is 1. The van der Waals surface area contributed by atoms with Gasteiger partial charge in [-0.05, 0) is 24.3 Å². The topological polar surface area (TPSA) is 53.5 Å². The quantitative estimate of drug-likeness (QED) is 0.690. The smallest absolute Gasteiger partial charge is 0.264 e. The van der Waals surface area contributed by atoms with Crippen molar-refractivity contribution >= 4 is 44.7 Å². The van der Waals surface area contributed by atoms with Gasteiger partial charge in [-0.25, -0.2) is 4.98 Å². The van der Waals surface area contributed by atoms with E-state index in [1.165, 1.54) is 11.3 Å².